The predicted octanol–water partition coefficient (Wildman–Crippen LogP) is 4.20. The van der Waals surface area contributed by atoms with Gasteiger partial charge in [0.25, 0.3) is 0 Å². The maximum Gasteiger partial charge on any atom is 0.245 e. The Morgan fingerprint density at radius 3 is 1.77 bits per heavy atom. The molecule has 0 saturated heterocycles. The normalized spacial score (nSPS) is 12.0. The Hall–Kier alpha value is -1.10. The summed E-state index contributed by atoms with van der Waals surface area (Å²) in [6.45, 7) is 5.97. The molecule has 0 saturated carbocycles. The van der Waals surface area contributed by atoms with Crippen molar-refractivity contribution in [3.8, 4) is 0 Å². The number of ether oxygens (including phenoxy) is 1. The molecule has 5 nitrogen and oxygen atoms in total. The van der Waals surface area contributed by atoms with Gasteiger partial charge in [-0.1, -0.05) is 65.2 Å². The quantitative estimate of drug-likeness (QED) is 0.355. The third-order valence-electron chi connectivity index (χ3n) is 4.75. The molecule has 0 heterocycles. The number of unbranched alkanes of at least 4 members (excludes halogenated alkanes) is 8. The average molecular weight is 371 g/mol. The highest BCUT2D eigenvalue weighted by atomic mass is 16.5. The molecule has 0 aliphatic rings. The Labute approximate surface area is 161 Å². The maximum atomic E-state index is 12.0. The topological polar surface area (TPSA) is 67.4 Å². The summed E-state index contributed by atoms with van der Waals surface area (Å²) < 4.78 is 4.77. The number of rotatable bonds is 18. The van der Waals surface area contributed by atoms with Gasteiger partial charge in [0.1, 0.15) is 6.61 Å². The monoisotopic (exact) mass is 370 g/mol. The van der Waals surface area contributed by atoms with E-state index in [-0.39, 0.29) is 24.3 Å². The number of hydrogen-bond donors (Lipinski definition) is 2. The first kappa shape index (κ1) is 24.9. The van der Waals surface area contributed by atoms with E-state index in [0.29, 0.717) is 0 Å². The predicted molar refractivity (Wildman–Crippen MR) is 108 cm³/mol. The molecule has 1 unspecified atom stereocenters. The van der Waals surface area contributed by atoms with Gasteiger partial charge in [0.2, 0.25) is 11.8 Å². The van der Waals surface area contributed by atoms with E-state index in [1.807, 2.05) is 0 Å². The van der Waals surface area contributed by atoms with E-state index in [4.69, 9.17) is 4.74 Å². The molecule has 0 aliphatic carbocycles. The highest BCUT2D eigenvalue weighted by molar-refractivity contribution is 5.78. The van der Waals surface area contributed by atoms with Crippen LogP contribution in [-0.4, -0.2) is 38.6 Å². The largest absolute Gasteiger partial charge is 0.375 e. The summed E-state index contributed by atoms with van der Waals surface area (Å²) in [6, 6.07) is 0. The number of hydrogen-bond acceptors (Lipinski definition) is 3. The van der Waals surface area contributed by atoms with Crippen LogP contribution in [0.2, 0.25) is 0 Å². The average Bonchev–Trinajstić information content (AvgIpc) is 2.63. The van der Waals surface area contributed by atoms with Gasteiger partial charge in [-0.05, 0) is 25.7 Å². The minimum absolute atomic E-state index is 0.0285. The smallest absolute Gasteiger partial charge is 0.245 e. The lowest BCUT2D eigenvalue weighted by atomic mass is 10.00. The fourth-order valence-electron chi connectivity index (χ4n) is 3.12. The molecule has 0 fully saturated rings. The van der Waals surface area contributed by atoms with E-state index in [2.05, 4.69) is 24.5 Å². The molecule has 5 heteroatoms. The molecule has 154 valence electrons. The van der Waals surface area contributed by atoms with Gasteiger partial charge in [-0.2, -0.15) is 0 Å². The van der Waals surface area contributed by atoms with Crippen LogP contribution in [0.1, 0.15) is 90.9 Å². The van der Waals surface area contributed by atoms with Crippen LogP contribution in [0.3, 0.4) is 0 Å². The molecular formula is C21H42N2O3. The Bertz CT molecular complexity index is 348. The summed E-state index contributed by atoms with van der Waals surface area (Å²) in [6.07, 6.45) is 13.9. The number of carbonyl (C=O) groups is 2. The number of nitrogens with one attached hydrogen (secondary N) is 2. The summed E-state index contributed by atoms with van der Waals surface area (Å²) in [7, 11) is 1.53. The van der Waals surface area contributed by atoms with Crippen LogP contribution >= 0.6 is 0 Å². The molecule has 1 atom stereocenters. The Kier molecular flexibility index (Phi) is 17.9. The van der Waals surface area contributed by atoms with Crippen molar-refractivity contribution < 1.29 is 14.3 Å². The molecule has 0 aromatic carbocycles. The first-order valence-corrected chi connectivity index (χ1v) is 10.7. The van der Waals surface area contributed by atoms with E-state index in [1.165, 1.54) is 52.1 Å². The van der Waals surface area contributed by atoms with Crippen LogP contribution in [0.5, 0.6) is 0 Å². The zero-order chi connectivity index (χ0) is 19.5. The molecule has 0 aromatic rings. The molecule has 0 radical (unpaired) electrons. The second-order valence-electron chi connectivity index (χ2n) is 7.15. The van der Waals surface area contributed by atoms with Crippen molar-refractivity contribution in [3.05, 3.63) is 0 Å². The molecule has 2 amide bonds. The molecular weight excluding hydrogens is 328 g/mol. The van der Waals surface area contributed by atoms with E-state index >= 15 is 0 Å². The lowest BCUT2D eigenvalue weighted by Crippen LogP contribution is -2.31. The van der Waals surface area contributed by atoms with Gasteiger partial charge in [0, 0.05) is 26.1 Å². The lowest BCUT2D eigenvalue weighted by Gasteiger charge is -2.13. The number of amides is 2. The number of methoxy groups -OCH3 is 1. The van der Waals surface area contributed by atoms with Crippen molar-refractivity contribution in [3.63, 3.8) is 0 Å². The Balaban J connectivity index is 3.29. The lowest BCUT2D eigenvalue weighted by molar-refractivity contribution is -0.125. The van der Waals surface area contributed by atoms with Crippen LogP contribution in [0.4, 0.5) is 0 Å². The molecule has 0 aromatic heterocycles. The van der Waals surface area contributed by atoms with Crippen LogP contribution in [0, 0.1) is 5.92 Å². The van der Waals surface area contributed by atoms with E-state index in [9.17, 15) is 9.59 Å². The highest BCUT2D eigenvalue weighted by Crippen LogP contribution is 2.11. The van der Waals surface area contributed by atoms with Crippen LogP contribution in [0.25, 0.3) is 0 Å². The van der Waals surface area contributed by atoms with Gasteiger partial charge < -0.3 is 15.4 Å². The van der Waals surface area contributed by atoms with Gasteiger partial charge >= 0.3 is 0 Å². The van der Waals surface area contributed by atoms with Gasteiger partial charge in [-0.25, -0.2) is 0 Å². The Morgan fingerprint density at radius 2 is 1.31 bits per heavy atom. The van der Waals surface area contributed by atoms with Crippen LogP contribution in [0.15, 0.2) is 0 Å². The first-order valence-electron chi connectivity index (χ1n) is 10.7. The van der Waals surface area contributed by atoms with Crippen molar-refractivity contribution in [2.45, 2.75) is 90.9 Å². The molecule has 0 aliphatic heterocycles. The summed E-state index contributed by atoms with van der Waals surface area (Å²) in [4.78, 5) is 23.2. The van der Waals surface area contributed by atoms with Crippen molar-refractivity contribution >= 4 is 11.8 Å². The van der Waals surface area contributed by atoms with Crippen molar-refractivity contribution in [1.82, 2.24) is 10.6 Å². The van der Waals surface area contributed by atoms with Gasteiger partial charge in [0.15, 0.2) is 0 Å². The fourth-order valence-corrected chi connectivity index (χ4v) is 3.12. The molecule has 2 N–H and O–H groups in total. The van der Waals surface area contributed by atoms with Crippen molar-refractivity contribution in [2.24, 2.45) is 5.92 Å². The van der Waals surface area contributed by atoms with Crippen molar-refractivity contribution in [1.29, 1.82) is 0 Å². The van der Waals surface area contributed by atoms with Gasteiger partial charge in [-0.3, -0.25) is 9.59 Å². The van der Waals surface area contributed by atoms with E-state index in [1.54, 1.807) is 0 Å². The zero-order valence-corrected chi connectivity index (χ0v) is 17.4. The summed E-state index contributed by atoms with van der Waals surface area (Å²) >= 11 is 0. The molecule has 0 rings (SSSR count). The minimum Gasteiger partial charge on any atom is -0.375 e. The van der Waals surface area contributed by atoms with Gasteiger partial charge in [-0.15, -0.1) is 0 Å². The summed E-state index contributed by atoms with van der Waals surface area (Å²) in [5, 5.41) is 5.93. The highest BCUT2D eigenvalue weighted by Gasteiger charge is 2.13. The maximum absolute atomic E-state index is 12.0. The first-order chi connectivity index (χ1) is 12.7. The summed E-state index contributed by atoms with van der Waals surface area (Å²) in [5.74, 6) is 0.417. The molecule has 0 spiro atoms. The number of carbonyl (C=O) groups excluding carboxylic acids is 2. The van der Waals surface area contributed by atoms with Crippen LogP contribution < -0.4 is 10.6 Å². The van der Waals surface area contributed by atoms with E-state index in [0.717, 1.165) is 45.2 Å². The fraction of sp³-hybridized carbons (Fsp3) is 0.905. The molecule has 26 heavy (non-hydrogen) atoms. The third kappa shape index (κ3) is 15.2. The second kappa shape index (κ2) is 18.7. The summed E-state index contributed by atoms with van der Waals surface area (Å²) in [5.41, 5.74) is 0. The van der Waals surface area contributed by atoms with Crippen molar-refractivity contribution in [2.75, 3.05) is 26.8 Å². The second-order valence-corrected chi connectivity index (χ2v) is 7.15. The Morgan fingerprint density at radius 1 is 0.808 bits per heavy atom. The van der Waals surface area contributed by atoms with E-state index < -0.39 is 0 Å². The van der Waals surface area contributed by atoms with Crippen LogP contribution in [-0.2, 0) is 14.3 Å². The molecule has 0 bridgehead atoms. The SMILES string of the molecule is CCCC(CC)C(=O)NCCCCCCCCCCCNC(=O)COC. The van der Waals surface area contributed by atoms with Gasteiger partial charge in [0.05, 0.1) is 0 Å². The third-order valence-corrected chi connectivity index (χ3v) is 4.75. The minimum atomic E-state index is -0.0285. The standard InChI is InChI=1S/C21H42N2O3/c1-4-15-19(5-2)21(25)23-17-14-12-10-8-6-7-9-11-13-16-22-20(24)18-26-3/h19H,4-18H2,1-3H3,(H,22,24)(H,23,25). The zero-order valence-electron chi connectivity index (χ0n) is 17.4.